The molecule has 0 saturated carbocycles. The van der Waals surface area contributed by atoms with Gasteiger partial charge in [-0.25, -0.2) is 0 Å². The van der Waals surface area contributed by atoms with Gasteiger partial charge >= 0.3 is 5.97 Å². The van der Waals surface area contributed by atoms with E-state index in [1.54, 1.807) is 19.1 Å². The normalized spacial score (nSPS) is 11.5. The first-order chi connectivity index (χ1) is 12.1. The molecule has 0 aliphatic heterocycles. The van der Waals surface area contributed by atoms with Crippen LogP contribution >= 0.6 is 0 Å². The van der Waals surface area contributed by atoms with Crippen molar-refractivity contribution in [2.45, 2.75) is 13.3 Å². The van der Waals surface area contributed by atoms with Gasteiger partial charge in [0.2, 0.25) is 0 Å². The minimum Gasteiger partial charge on any atom is -0.466 e. The molecule has 0 spiro atoms. The van der Waals surface area contributed by atoms with Gasteiger partial charge in [-0.1, -0.05) is 48.6 Å². The first-order valence-electron chi connectivity index (χ1n) is 7.92. The van der Waals surface area contributed by atoms with Crippen LogP contribution in [0.4, 0.5) is 5.69 Å². The highest BCUT2D eigenvalue weighted by Crippen LogP contribution is 2.17. The van der Waals surface area contributed by atoms with Gasteiger partial charge in [-0.3, -0.25) is 14.9 Å². The highest BCUT2D eigenvalue weighted by Gasteiger charge is 2.07. The Morgan fingerprint density at radius 2 is 1.76 bits per heavy atom. The molecule has 5 heteroatoms. The standard InChI is InChI=1S/C20H19NO4/c1-2-25-20(22)15-18(9-8-16-6-4-3-5-7-16)14-17-10-12-19(13-11-17)21(23)24/h3-14H,2,15H2,1H3/b9-8+,18-14-. The maximum absolute atomic E-state index is 11.8. The number of non-ortho nitro benzene ring substituents is 1. The van der Waals surface area contributed by atoms with Crippen molar-refractivity contribution in [2.75, 3.05) is 6.61 Å². The van der Waals surface area contributed by atoms with Crippen LogP contribution in [0.1, 0.15) is 24.5 Å². The number of carbonyl (C=O) groups is 1. The van der Waals surface area contributed by atoms with Crippen LogP contribution in [0.15, 0.2) is 66.2 Å². The number of rotatable bonds is 7. The van der Waals surface area contributed by atoms with E-state index in [1.165, 1.54) is 12.1 Å². The van der Waals surface area contributed by atoms with Gasteiger partial charge in [0, 0.05) is 12.1 Å². The predicted octanol–water partition coefficient (Wildman–Crippen LogP) is 4.64. The highest BCUT2D eigenvalue weighted by molar-refractivity contribution is 5.77. The zero-order valence-electron chi connectivity index (χ0n) is 13.9. The summed E-state index contributed by atoms with van der Waals surface area (Å²) in [5.74, 6) is -0.312. The lowest BCUT2D eigenvalue weighted by atomic mass is 10.1. The van der Waals surface area contributed by atoms with Crippen molar-refractivity contribution in [3.8, 4) is 0 Å². The Bertz CT molecular complexity index is 777. The second kappa shape index (κ2) is 9.17. The van der Waals surface area contributed by atoms with Gasteiger partial charge in [0.1, 0.15) is 0 Å². The number of esters is 1. The molecule has 5 nitrogen and oxygen atoms in total. The average Bonchev–Trinajstić information content (AvgIpc) is 2.61. The Labute approximate surface area is 146 Å². The minimum atomic E-state index is -0.442. The van der Waals surface area contributed by atoms with Crippen molar-refractivity contribution in [1.82, 2.24) is 0 Å². The molecule has 0 unspecified atom stereocenters. The predicted molar refractivity (Wildman–Crippen MR) is 97.8 cm³/mol. The van der Waals surface area contributed by atoms with Crippen molar-refractivity contribution >= 4 is 23.8 Å². The van der Waals surface area contributed by atoms with Crippen molar-refractivity contribution in [3.63, 3.8) is 0 Å². The van der Waals surface area contributed by atoms with Gasteiger partial charge in [0.25, 0.3) is 5.69 Å². The van der Waals surface area contributed by atoms with Crippen LogP contribution in [0.5, 0.6) is 0 Å². The first kappa shape index (κ1) is 18.1. The molecule has 0 aliphatic rings. The van der Waals surface area contributed by atoms with E-state index in [2.05, 4.69) is 0 Å². The Balaban J connectivity index is 2.24. The molecule has 0 heterocycles. The van der Waals surface area contributed by atoms with Gasteiger partial charge in [0.05, 0.1) is 18.0 Å². The van der Waals surface area contributed by atoms with Crippen LogP contribution in [0.2, 0.25) is 0 Å². The topological polar surface area (TPSA) is 69.4 Å². The second-order valence-electron chi connectivity index (χ2n) is 5.29. The number of benzene rings is 2. The monoisotopic (exact) mass is 337 g/mol. The average molecular weight is 337 g/mol. The Kier molecular flexibility index (Phi) is 6.65. The fraction of sp³-hybridized carbons (Fsp3) is 0.150. The number of nitro groups is 1. The summed E-state index contributed by atoms with van der Waals surface area (Å²) in [5, 5.41) is 10.7. The SMILES string of the molecule is CCOC(=O)CC(/C=C/c1ccccc1)=C\c1ccc([N+](=O)[O-])cc1. The van der Waals surface area contributed by atoms with E-state index in [4.69, 9.17) is 4.74 Å². The van der Waals surface area contributed by atoms with E-state index in [-0.39, 0.29) is 18.1 Å². The number of allylic oxidation sites excluding steroid dienone is 1. The molecular weight excluding hydrogens is 318 g/mol. The van der Waals surface area contributed by atoms with Gasteiger partial charge < -0.3 is 4.74 Å². The molecule has 0 saturated heterocycles. The number of nitro benzene ring substituents is 1. The van der Waals surface area contributed by atoms with Crippen molar-refractivity contribution in [1.29, 1.82) is 0 Å². The van der Waals surface area contributed by atoms with E-state index in [0.29, 0.717) is 6.61 Å². The minimum absolute atomic E-state index is 0.0314. The lowest BCUT2D eigenvalue weighted by Crippen LogP contribution is -2.04. The molecular formula is C20H19NO4. The molecule has 25 heavy (non-hydrogen) atoms. The van der Waals surface area contributed by atoms with Crippen LogP contribution in [0.25, 0.3) is 12.2 Å². The summed E-state index contributed by atoms with van der Waals surface area (Å²) in [6.45, 7) is 2.09. The van der Waals surface area contributed by atoms with Gasteiger partial charge in [0.15, 0.2) is 0 Å². The van der Waals surface area contributed by atoms with Crippen molar-refractivity contribution < 1.29 is 14.5 Å². The van der Waals surface area contributed by atoms with E-state index < -0.39 is 4.92 Å². The maximum Gasteiger partial charge on any atom is 0.310 e. The van der Waals surface area contributed by atoms with Crippen LogP contribution in [0, 0.1) is 10.1 Å². The summed E-state index contributed by atoms with van der Waals surface area (Å²) in [6, 6.07) is 15.9. The van der Waals surface area contributed by atoms with Crippen LogP contribution in [-0.4, -0.2) is 17.5 Å². The van der Waals surface area contributed by atoms with E-state index in [1.807, 2.05) is 48.6 Å². The number of carbonyl (C=O) groups excluding carboxylic acids is 1. The molecule has 0 atom stereocenters. The molecule has 2 rings (SSSR count). The van der Waals surface area contributed by atoms with Crippen molar-refractivity contribution in [3.05, 3.63) is 87.5 Å². The van der Waals surface area contributed by atoms with Crippen LogP contribution in [0.3, 0.4) is 0 Å². The van der Waals surface area contributed by atoms with Gasteiger partial charge in [-0.05, 0) is 35.8 Å². The summed E-state index contributed by atoms with van der Waals surface area (Å²) in [5.41, 5.74) is 2.59. The fourth-order valence-corrected chi connectivity index (χ4v) is 2.21. The molecule has 2 aromatic rings. The molecule has 0 aromatic heterocycles. The van der Waals surface area contributed by atoms with E-state index in [9.17, 15) is 14.9 Å². The molecule has 0 bridgehead atoms. The van der Waals surface area contributed by atoms with E-state index >= 15 is 0 Å². The number of ether oxygens (including phenoxy) is 1. The molecule has 0 aliphatic carbocycles. The molecule has 0 amide bonds. The van der Waals surface area contributed by atoms with Crippen molar-refractivity contribution in [2.24, 2.45) is 0 Å². The summed E-state index contributed by atoms with van der Waals surface area (Å²) in [6.07, 6.45) is 5.72. The maximum atomic E-state index is 11.8. The van der Waals surface area contributed by atoms with Gasteiger partial charge in [-0.2, -0.15) is 0 Å². The lowest BCUT2D eigenvalue weighted by Gasteiger charge is -2.04. The lowest BCUT2D eigenvalue weighted by molar-refractivity contribution is -0.384. The largest absolute Gasteiger partial charge is 0.466 e. The summed E-state index contributed by atoms with van der Waals surface area (Å²) < 4.78 is 5.01. The zero-order chi connectivity index (χ0) is 18.1. The second-order valence-corrected chi connectivity index (χ2v) is 5.29. The molecule has 0 N–H and O–H groups in total. The number of hydrogen-bond donors (Lipinski definition) is 0. The third kappa shape index (κ3) is 6.06. The first-order valence-corrected chi connectivity index (χ1v) is 7.92. The Morgan fingerprint density at radius 1 is 1.08 bits per heavy atom. The number of hydrogen-bond acceptors (Lipinski definition) is 4. The van der Waals surface area contributed by atoms with E-state index in [0.717, 1.165) is 16.7 Å². The van der Waals surface area contributed by atoms with Gasteiger partial charge in [-0.15, -0.1) is 0 Å². The quantitative estimate of drug-likeness (QED) is 0.319. The smallest absolute Gasteiger partial charge is 0.310 e. The third-order valence-corrected chi connectivity index (χ3v) is 3.40. The third-order valence-electron chi connectivity index (χ3n) is 3.40. The fourth-order valence-electron chi connectivity index (χ4n) is 2.21. The molecule has 0 radical (unpaired) electrons. The molecule has 128 valence electrons. The zero-order valence-corrected chi connectivity index (χ0v) is 13.9. The Morgan fingerprint density at radius 3 is 2.36 bits per heavy atom. The highest BCUT2D eigenvalue weighted by atomic mass is 16.6. The molecule has 2 aromatic carbocycles. The van der Waals surface area contributed by atoms with Crippen LogP contribution in [-0.2, 0) is 9.53 Å². The number of nitrogens with zero attached hydrogens (tertiary/aromatic N) is 1. The summed E-state index contributed by atoms with van der Waals surface area (Å²) in [7, 11) is 0. The summed E-state index contributed by atoms with van der Waals surface area (Å²) >= 11 is 0. The molecule has 0 fully saturated rings. The summed E-state index contributed by atoms with van der Waals surface area (Å²) in [4.78, 5) is 22.1. The Hall–Kier alpha value is -3.21. The van der Waals surface area contributed by atoms with Crippen LogP contribution < -0.4 is 0 Å².